The van der Waals surface area contributed by atoms with Crippen molar-refractivity contribution in [2.75, 3.05) is 20.6 Å². The maximum atomic E-state index is 11.3. The maximum Gasteiger partial charge on any atom is 0.246 e. The third-order valence-corrected chi connectivity index (χ3v) is 2.43. The lowest BCUT2D eigenvalue weighted by Gasteiger charge is -2.09. The fraction of sp³-hybridized carbons (Fsp3) is 0.727. The summed E-state index contributed by atoms with van der Waals surface area (Å²) in [6, 6.07) is 0. The second-order valence-electron chi connectivity index (χ2n) is 4.14. The molecule has 0 aliphatic heterocycles. The molecule has 8 heteroatoms. The average molecular weight is 275 g/mol. The minimum absolute atomic E-state index is 0.0159. The van der Waals surface area contributed by atoms with E-state index in [9.17, 15) is 14.4 Å². The Morgan fingerprint density at radius 3 is 1.95 bits per heavy atom. The smallest absolute Gasteiger partial charge is 0.246 e. The molecule has 0 fully saturated rings. The summed E-state index contributed by atoms with van der Waals surface area (Å²) in [5.74, 6) is -1.17. The second kappa shape index (κ2) is 9.29. The van der Waals surface area contributed by atoms with Crippen molar-refractivity contribution in [2.45, 2.75) is 32.1 Å². The highest BCUT2D eigenvalue weighted by Crippen LogP contribution is 1.98. The zero-order valence-electron chi connectivity index (χ0n) is 11.3. The molecular formula is C11H21N3O5. The molecule has 0 bridgehead atoms. The Morgan fingerprint density at radius 2 is 1.42 bits per heavy atom. The number of nitrogens with one attached hydrogen (secondary N) is 1. The summed E-state index contributed by atoms with van der Waals surface area (Å²) in [6.07, 6.45) is 1.35. The van der Waals surface area contributed by atoms with Crippen LogP contribution in [0.5, 0.6) is 0 Å². The molecule has 0 radical (unpaired) electrons. The van der Waals surface area contributed by atoms with E-state index in [2.05, 4.69) is 5.32 Å². The van der Waals surface area contributed by atoms with Crippen LogP contribution in [0.15, 0.2) is 0 Å². The van der Waals surface area contributed by atoms with Crippen molar-refractivity contribution in [1.82, 2.24) is 15.4 Å². The number of hydrogen-bond donors (Lipinski definition) is 3. The number of unbranched alkanes of at least 4 members (excludes halogenated alkanes) is 1. The number of amides is 3. The monoisotopic (exact) mass is 275 g/mol. The Balaban J connectivity index is 3.54. The van der Waals surface area contributed by atoms with Gasteiger partial charge in [0.25, 0.3) is 0 Å². The van der Waals surface area contributed by atoms with Gasteiger partial charge < -0.3 is 5.32 Å². The van der Waals surface area contributed by atoms with Gasteiger partial charge in [-0.05, 0) is 12.8 Å². The van der Waals surface area contributed by atoms with E-state index in [4.69, 9.17) is 10.4 Å². The Bertz CT molecular complexity index is 317. The van der Waals surface area contributed by atoms with Crippen molar-refractivity contribution in [3.05, 3.63) is 0 Å². The molecule has 3 amide bonds. The van der Waals surface area contributed by atoms with Crippen LogP contribution in [0.3, 0.4) is 0 Å². The topological polar surface area (TPSA) is 110 Å². The van der Waals surface area contributed by atoms with Gasteiger partial charge >= 0.3 is 0 Å². The number of hydrogen-bond acceptors (Lipinski definition) is 5. The first-order chi connectivity index (χ1) is 8.84. The normalized spacial score (nSPS) is 9.89. The van der Waals surface area contributed by atoms with E-state index in [1.54, 1.807) is 0 Å². The molecule has 0 aliphatic carbocycles. The molecule has 0 saturated heterocycles. The van der Waals surface area contributed by atoms with Gasteiger partial charge in [0.15, 0.2) is 0 Å². The summed E-state index contributed by atoms with van der Waals surface area (Å²) in [6.45, 7) is 0.407. The van der Waals surface area contributed by atoms with E-state index in [0.29, 0.717) is 29.5 Å². The fourth-order valence-corrected chi connectivity index (χ4v) is 1.26. The number of rotatable bonds is 8. The number of hydroxylamine groups is 4. The highest BCUT2D eigenvalue weighted by atomic mass is 16.5. The van der Waals surface area contributed by atoms with E-state index in [1.165, 1.54) is 14.1 Å². The van der Waals surface area contributed by atoms with Gasteiger partial charge in [-0.25, -0.2) is 10.1 Å². The Labute approximate surface area is 111 Å². The summed E-state index contributed by atoms with van der Waals surface area (Å²) >= 11 is 0. The molecule has 0 aromatic carbocycles. The molecular weight excluding hydrogens is 254 g/mol. The lowest BCUT2D eigenvalue weighted by molar-refractivity contribution is -0.160. The predicted octanol–water partition coefficient (Wildman–Crippen LogP) is -0.252. The molecule has 110 valence electrons. The van der Waals surface area contributed by atoms with Gasteiger partial charge in [0.1, 0.15) is 0 Å². The van der Waals surface area contributed by atoms with Crippen LogP contribution in [0, 0.1) is 0 Å². The van der Waals surface area contributed by atoms with Crippen LogP contribution in [-0.4, -0.2) is 58.9 Å². The van der Waals surface area contributed by atoms with Crippen molar-refractivity contribution in [1.29, 1.82) is 0 Å². The molecule has 3 N–H and O–H groups in total. The summed E-state index contributed by atoms with van der Waals surface area (Å²) in [4.78, 5) is 33.3. The lowest BCUT2D eigenvalue weighted by atomic mass is 10.2. The Kier molecular flexibility index (Phi) is 8.47. The van der Waals surface area contributed by atoms with Crippen molar-refractivity contribution in [3.63, 3.8) is 0 Å². The van der Waals surface area contributed by atoms with Crippen molar-refractivity contribution < 1.29 is 24.8 Å². The van der Waals surface area contributed by atoms with Crippen LogP contribution in [0.2, 0.25) is 0 Å². The molecule has 0 saturated carbocycles. The summed E-state index contributed by atoms with van der Waals surface area (Å²) in [5.41, 5.74) is 0. The summed E-state index contributed by atoms with van der Waals surface area (Å²) in [5, 5.41) is 21.1. The maximum absolute atomic E-state index is 11.3. The zero-order valence-corrected chi connectivity index (χ0v) is 11.3. The molecule has 0 rings (SSSR count). The summed E-state index contributed by atoms with van der Waals surface area (Å²) in [7, 11) is 2.47. The van der Waals surface area contributed by atoms with Crippen molar-refractivity contribution in [2.24, 2.45) is 0 Å². The first-order valence-corrected chi connectivity index (χ1v) is 6.02. The van der Waals surface area contributed by atoms with Gasteiger partial charge in [-0.1, -0.05) is 0 Å². The van der Waals surface area contributed by atoms with E-state index in [1.807, 2.05) is 0 Å². The molecule has 0 spiro atoms. The highest BCUT2D eigenvalue weighted by molar-refractivity contribution is 5.83. The zero-order chi connectivity index (χ0) is 14.8. The first kappa shape index (κ1) is 17.3. The van der Waals surface area contributed by atoms with E-state index >= 15 is 0 Å². The van der Waals surface area contributed by atoms with Crippen LogP contribution in [0.4, 0.5) is 0 Å². The molecule has 0 aromatic rings. The SMILES string of the molecule is CN(O)C(=O)CCCCNC(=O)CCC(=O)N(C)O. The molecule has 0 unspecified atom stereocenters. The van der Waals surface area contributed by atoms with E-state index in [-0.39, 0.29) is 31.1 Å². The van der Waals surface area contributed by atoms with E-state index < -0.39 is 5.91 Å². The van der Waals surface area contributed by atoms with Crippen molar-refractivity contribution >= 4 is 17.7 Å². The number of carbonyl (C=O) groups excluding carboxylic acids is 3. The third-order valence-electron chi connectivity index (χ3n) is 2.43. The van der Waals surface area contributed by atoms with Crippen LogP contribution in [-0.2, 0) is 14.4 Å². The number of nitrogens with zero attached hydrogens (tertiary/aromatic N) is 2. The van der Waals surface area contributed by atoms with E-state index in [0.717, 1.165) is 0 Å². The quantitative estimate of drug-likeness (QED) is 0.321. The summed E-state index contributed by atoms with van der Waals surface area (Å²) < 4.78 is 0. The van der Waals surface area contributed by atoms with Gasteiger partial charge in [0.05, 0.1) is 0 Å². The first-order valence-electron chi connectivity index (χ1n) is 6.02. The van der Waals surface area contributed by atoms with Crippen molar-refractivity contribution in [3.8, 4) is 0 Å². The van der Waals surface area contributed by atoms with Crippen LogP contribution < -0.4 is 5.32 Å². The largest absolute Gasteiger partial charge is 0.356 e. The fourth-order valence-electron chi connectivity index (χ4n) is 1.26. The van der Waals surface area contributed by atoms with Gasteiger partial charge in [-0.2, -0.15) is 0 Å². The second-order valence-corrected chi connectivity index (χ2v) is 4.14. The minimum atomic E-state index is -0.522. The Morgan fingerprint density at radius 1 is 0.895 bits per heavy atom. The minimum Gasteiger partial charge on any atom is -0.356 e. The van der Waals surface area contributed by atoms with Gasteiger partial charge in [-0.3, -0.25) is 24.8 Å². The number of carbonyl (C=O) groups is 3. The molecule has 0 heterocycles. The lowest BCUT2D eigenvalue weighted by Crippen LogP contribution is -2.28. The van der Waals surface area contributed by atoms with Crippen LogP contribution in [0.25, 0.3) is 0 Å². The third kappa shape index (κ3) is 8.97. The van der Waals surface area contributed by atoms with Crippen LogP contribution in [0.1, 0.15) is 32.1 Å². The predicted molar refractivity (Wildman–Crippen MR) is 65.2 cm³/mol. The molecule has 19 heavy (non-hydrogen) atoms. The van der Waals surface area contributed by atoms with Gasteiger partial charge in [0.2, 0.25) is 17.7 Å². The van der Waals surface area contributed by atoms with Gasteiger partial charge in [0, 0.05) is 39.9 Å². The Hall–Kier alpha value is -1.67. The molecule has 0 aliphatic rings. The van der Waals surface area contributed by atoms with Crippen LogP contribution >= 0.6 is 0 Å². The molecule has 8 nitrogen and oxygen atoms in total. The average Bonchev–Trinajstić information content (AvgIpc) is 2.34. The molecule has 0 aromatic heterocycles. The standard InChI is InChI=1S/C11H21N3O5/c1-13(18)10(16)5-3-4-8-12-9(15)6-7-11(17)14(2)19/h18-19H,3-8H2,1-2H3,(H,12,15). The molecule has 0 atom stereocenters. The van der Waals surface area contributed by atoms with Gasteiger partial charge in [-0.15, -0.1) is 0 Å². The highest BCUT2D eigenvalue weighted by Gasteiger charge is 2.09.